The molecule has 0 unspecified atom stereocenters. The molecule has 0 saturated heterocycles. The quantitative estimate of drug-likeness (QED) is 0.857. The van der Waals surface area contributed by atoms with Crippen molar-refractivity contribution in [1.82, 2.24) is 9.97 Å². The van der Waals surface area contributed by atoms with Gasteiger partial charge in [0.1, 0.15) is 5.82 Å². The van der Waals surface area contributed by atoms with Crippen molar-refractivity contribution in [3.63, 3.8) is 0 Å². The van der Waals surface area contributed by atoms with E-state index in [1.807, 2.05) is 5.38 Å². The molecule has 0 aliphatic heterocycles. The van der Waals surface area contributed by atoms with Crippen LogP contribution in [0.5, 0.6) is 0 Å². The summed E-state index contributed by atoms with van der Waals surface area (Å²) < 4.78 is 4.57. The summed E-state index contributed by atoms with van der Waals surface area (Å²) >= 11 is 1.69. The van der Waals surface area contributed by atoms with Crippen LogP contribution in [0.1, 0.15) is 21.1 Å². The van der Waals surface area contributed by atoms with E-state index in [0.717, 1.165) is 0 Å². The minimum atomic E-state index is -0.536. The zero-order valence-electron chi connectivity index (χ0n) is 10.1. The number of carbonyl (C=O) groups excluding carboxylic acids is 1. The summed E-state index contributed by atoms with van der Waals surface area (Å²) in [6.45, 7) is 2.74. The molecule has 0 aliphatic rings. The fraction of sp³-hybridized carbons (Fsp3) is 0.250. The van der Waals surface area contributed by atoms with E-state index in [-0.39, 0.29) is 5.82 Å². The molecule has 94 valence electrons. The Bertz CT molecular complexity index is 554. The standard InChI is InChI=1S/C12H13N3O2S/c1-8-4-6-18-9(8)7-14-10-3-5-13-11(15-10)12(16)17-2/h3-6H,7H2,1-2H3,(H,13,14,15). The molecule has 0 aromatic carbocycles. The molecular formula is C12H13N3O2S. The first-order valence-corrected chi connectivity index (χ1v) is 6.27. The number of carbonyl (C=O) groups is 1. The Morgan fingerprint density at radius 1 is 1.50 bits per heavy atom. The highest BCUT2D eigenvalue weighted by atomic mass is 32.1. The number of rotatable bonds is 4. The van der Waals surface area contributed by atoms with Gasteiger partial charge in [-0.1, -0.05) is 0 Å². The predicted octanol–water partition coefficient (Wildman–Crippen LogP) is 2.25. The minimum Gasteiger partial charge on any atom is -0.463 e. The molecule has 0 spiro atoms. The zero-order valence-corrected chi connectivity index (χ0v) is 11.0. The monoisotopic (exact) mass is 263 g/mol. The fourth-order valence-corrected chi connectivity index (χ4v) is 2.25. The first kappa shape index (κ1) is 12.5. The number of thiophene rings is 1. The van der Waals surface area contributed by atoms with Crippen LogP contribution < -0.4 is 5.32 Å². The van der Waals surface area contributed by atoms with Gasteiger partial charge in [-0.25, -0.2) is 14.8 Å². The van der Waals surface area contributed by atoms with Gasteiger partial charge < -0.3 is 10.1 Å². The number of aromatic nitrogens is 2. The second-order valence-corrected chi connectivity index (χ2v) is 4.64. The van der Waals surface area contributed by atoms with Crippen molar-refractivity contribution in [3.05, 3.63) is 40.0 Å². The molecule has 18 heavy (non-hydrogen) atoms. The van der Waals surface area contributed by atoms with Crippen LogP contribution in [0.3, 0.4) is 0 Å². The molecule has 2 aromatic heterocycles. The number of methoxy groups -OCH3 is 1. The van der Waals surface area contributed by atoms with Gasteiger partial charge in [-0.2, -0.15) is 0 Å². The van der Waals surface area contributed by atoms with Crippen molar-refractivity contribution in [3.8, 4) is 0 Å². The maximum atomic E-state index is 11.3. The lowest BCUT2D eigenvalue weighted by atomic mass is 10.3. The highest BCUT2D eigenvalue weighted by Crippen LogP contribution is 2.16. The Hall–Kier alpha value is -1.95. The summed E-state index contributed by atoms with van der Waals surface area (Å²) in [5.74, 6) is 0.134. The van der Waals surface area contributed by atoms with Gasteiger partial charge in [0.25, 0.3) is 0 Å². The van der Waals surface area contributed by atoms with Crippen LogP contribution in [-0.4, -0.2) is 23.0 Å². The molecule has 0 radical (unpaired) electrons. The molecule has 0 bridgehead atoms. The molecule has 6 heteroatoms. The molecule has 2 heterocycles. The first-order valence-electron chi connectivity index (χ1n) is 5.39. The average Bonchev–Trinajstić information content (AvgIpc) is 2.81. The Kier molecular flexibility index (Phi) is 3.88. The van der Waals surface area contributed by atoms with Crippen LogP contribution in [-0.2, 0) is 11.3 Å². The summed E-state index contributed by atoms with van der Waals surface area (Å²) in [6.07, 6.45) is 1.53. The summed E-state index contributed by atoms with van der Waals surface area (Å²) in [6, 6.07) is 3.79. The molecule has 1 N–H and O–H groups in total. The summed E-state index contributed by atoms with van der Waals surface area (Å²) in [5.41, 5.74) is 1.25. The largest absolute Gasteiger partial charge is 0.463 e. The molecule has 5 nitrogen and oxygen atoms in total. The van der Waals surface area contributed by atoms with Crippen molar-refractivity contribution in [2.45, 2.75) is 13.5 Å². The normalized spacial score (nSPS) is 10.1. The number of aryl methyl sites for hydroxylation is 1. The second-order valence-electron chi connectivity index (χ2n) is 3.64. The second kappa shape index (κ2) is 5.59. The molecular weight excluding hydrogens is 250 g/mol. The lowest BCUT2D eigenvalue weighted by molar-refractivity contribution is 0.0587. The van der Waals surface area contributed by atoms with Gasteiger partial charge in [0.2, 0.25) is 5.82 Å². The summed E-state index contributed by atoms with van der Waals surface area (Å²) in [7, 11) is 1.31. The van der Waals surface area contributed by atoms with Crippen LogP contribution in [0.2, 0.25) is 0 Å². The van der Waals surface area contributed by atoms with E-state index in [2.05, 4.69) is 33.0 Å². The van der Waals surface area contributed by atoms with Crippen molar-refractivity contribution >= 4 is 23.1 Å². The molecule has 2 aromatic rings. The van der Waals surface area contributed by atoms with Gasteiger partial charge in [0, 0.05) is 11.1 Å². The number of hydrogen-bond donors (Lipinski definition) is 1. The number of ether oxygens (including phenoxy) is 1. The highest BCUT2D eigenvalue weighted by molar-refractivity contribution is 7.10. The SMILES string of the molecule is COC(=O)c1nccc(NCc2sccc2C)n1. The van der Waals surface area contributed by atoms with E-state index in [1.54, 1.807) is 17.4 Å². The summed E-state index contributed by atoms with van der Waals surface area (Å²) in [4.78, 5) is 20.5. The first-order chi connectivity index (χ1) is 8.70. The van der Waals surface area contributed by atoms with Crippen LogP contribution in [0.15, 0.2) is 23.7 Å². The van der Waals surface area contributed by atoms with Crippen molar-refractivity contribution < 1.29 is 9.53 Å². The number of nitrogens with one attached hydrogen (secondary N) is 1. The van der Waals surface area contributed by atoms with E-state index in [9.17, 15) is 4.79 Å². The Balaban J connectivity index is 2.06. The topological polar surface area (TPSA) is 64.1 Å². The van der Waals surface area contributed by atoms with Gasteiger partial charge >= 0.3 is 5.97 Å². The summed E-state index contributed by atoms with van der Waals surface area (Å²) in [5, 5.41) is 5.21. The maximum Gasteiger partial charge on any atom is 0.376 e. The van der Waals surface area contributed by atoms with Gasteiger partial charge in [0.05, 0.1) is 13.7 Å². The zero-order chi connectivity index (χ0) is 13.0. The maximum absolute atomic E-state index is 11.3. The Labute approximate surface area is 109 Å². The van der Waals surface area contributed by atoms with Crippen LogP contribution in [0.25, 0.3) is 0 Å². The van der Waals surface area contributed by atoms with E-state index in [0.29, 0.717) is 12.4 Å². The molecule has 0 fully saturated rings. The third kappa shape index (κ3) is 2.84. The molecule has 2 rings (SSSR count). The van der Waals surface area contributed by atoms with Gasteiger partial charge in [-0.3, -0.25) is 0 Å². The van der Waals surface area contributed by atoms with Crippen molar-refractivity contribution in [2.24, 2.45) is 0 Å². The lowest BCUT2D eigenvalue weighted by Gasteiger charge is -2.05. The molecule has 0 saturated carbocycles. The van der Waals surface area contributed by atoms with Crippen molar-refractivity contribution in [1.29, 1.82) is 0 Å². The highest BCUT2D eigenvalue weighted by Gasteiger charge is 2.09. The van der Waals surface area contributed by atoms with E-state index >= 15 is 0 Å². The van der Waals surface area contributed by atoms with Crippen LogP contribution >= 0.6 is 11.3 Å². The van der Waals surface area contributed by atoms with Crippen molar-refractivity contribution in [2.75, 3.05) is 12.4 Å². The molecule has 0 atom stereocenters. The van der Waals surface area contributed by atoms with Gasteiger partial charge in [-0.15, -0.1) is 11.3 Å². The molecule has 0 aliphatic carbocycles. The lowest BCUT2D eigenvalue weighted by Crippen LogP contribution is -2.09. The van der Waals surface area contributed by atoms with Crippen LogP contribution in [0, 0.1) is 6.92 Å². The van der Waals surface area contributed by atoms with Gasteiger partial charge in [-0.05, 0) is 30.0 Å². The van der Waals surface area contributed by atoms with E-state index in [4.69, 9.17) is 0 Å². The average molecular weight is 263 g/mol. The number of anilines is 1. The third-order valence-corrected chi connectivity index (χ3v) is 3.44. The number of esters is 1. The Morgan fingerprint density at radius 3 is 3.00 bits per heavy atom. The molecule has 0 amide bonds. The number of nitrogens with zero attached hydrogens (tertiary/aromatic N) is 2. The predicted molar refractivity (Wildman–Crippen MR) is 69.8 cm³/mol. The fourth-order valence-electron chi connectivity index (χ4n) is 1.40. The van der Waals surface area contributed by atoms with Crippen LogP contribution in [0.4, 0.5) is 5.82 Å². The minimum absolute atomic E-state index is 0.0606. The number of hydrogen-bond acceptors (Lipinski definition) is 6. The Morgan fingerprint density at radius 2 is 2.33 bits per heavy atom. The van der Waals surface area contributed by atoms with E-state index < -0.39 is 5.97 Å². The van der Waals surface area contributed by atoms with E-state index in [1.165, 1.54) is 23.7 Å². The van der Waals surface area contributed by atoms with Gasteiger partial charge in [0.15, 0.2) is 0 Å². The smallest absolute Gasteiger partial charge is 0.376 e. The third-order valence-electron chi connectivity index (χ3n) is 2.42.